The number of nitrogens with one attached hydrogen (secondary N) is 1. The molecule has 4 atom stereocenters. The molecule has 0 radical (unpaired) electrons. The van der Waals surface area contributed by atoms with Gasteiger partial charge in [0.25, 0.3) is 5.91 Å². The molecule has 2 aliphatic carbocycles. The summed E-state index contributed by atoms with van der Waals surface area (Å²) < 4.78 is 0. The zero-order valence-electron chi connectivity index (χ0n) is 11.6. The summed E-state index contributed by atoms with van der Waals surface area (Å²) in [6.07, 6.45) is 3.48. The highest BCUT2D eigenvalue weighted by Gasteiger charge is 2.47. The van der Waals surface area contributed by atoms with Gasteiger partial charge < -0.3 is 10.4 Å². The van der Waals surface area contributed by atoms with E-state index >= 15 is 0 Å². The lowest BCUT2D eigenvalue weighted by atomic mass is 9.85. The van der Waals surface area contributed by atoms with Crippen LogP contribution in [0.15, 0.2) is 18.2 Å². The van der Waals surface area contributed by atoms with Gasteiger partial charge >= 0.3 is 0 Å². The zero-order chi connectivity index (χ0) is 14.3. The van der Waals surface area contributed by atoms with Crippen LogP contribution in [0.4, 0.5) is 0 Å². The van der Waals surface area contributed by atoms with Crippen LogP contribution in [-0.2, 0) is 0 Å². The van der Waals surface area contributed by atoms with Crippen molar-refractivity contribution < 1.29 is 9.90 Å². The minimum Gasteiger partial charge on any atom is -0.396 e. The van der Waals surface area contributed by atoms with Crippen LogP contribution >= 0.6 is 11.6 Å². The number of hydrogen-bond donors (Lipinski definition) is 2. The fraction of sp³-hybridized carbons (Fsp3) is 0.562. The molecule has 0 aromatic heterocycles. The maximum atomic E-state index is 12.4. The molecule has 2 fully saturated rings. The number of aryl methyl sites for hydroxylation is 1. The van der Waals surface area contributed by atoms with Crippen molar-refractivity contribution in [2.75, 3.05) is 6.61 Å². The number of fused-ring (bicyclic) bond motifs is 2. The van der Waals surface area contributed by atoms with Crippen molar-refractivity contribution >= 4 is 17.5 Å². The van der Waals surface area contributed by atoms with Crippen LogP contribution in [0.5, 0.6) is 0 Å². The molecule has 0 spiro atoms. The smallest absolute Gasteiger partial charge is 0.253 e. The summed E-state index contributed by atoms with van der Waals surface area (Å²) in [7, 11) is 0. The van der Waals surface area contributed by atoms with E-state index in [2.05, 4.69) is 5.32 Å². The molecule has 4 heteroatoms. The lowest BCUT2D eigenvalue weighted by Crippen LogP contribution is -2.45. The summed E-state index contributed by atoms with van der Waals surface area (Å²) in [4.78, 5) is 12.4. The van der Waals surface area contributed by atoms with Crippen LogP contribution in [0.2, 0.25) is 5.02 Å². The Morgan fingerprint density at radius 3 is 2.90 bits per heavy atom. The predicted octanol–water partition coefficient (Wildman–Crippen LogP) is 2.79. The van der Waals surface area contributed by atoms with Crippen molar-refractivity contribution in [3.63, 3.8) is 0 Å². The van der Waals surface area contributed by atoms with Gasteiger partial charge in [-0.3, -0.25) is 4.79 Å². The van der Waals surface area contributed by atoms with E-state index in [1.807, 2.05) is 19.1 Å². The summed E-state index contributed by atoms with van der Waals surface area (Å²) in [6.45, 7) is 2.06. The Morgan fingerprint density at radius 2 is 2.15 bits per heavy atom. The fourth-order valence-corrected chi connectivity index (χ4v) is 4.16. The normalized spacial score (nSPS) is 31.6. The molecule has 2 N–H and O–H groups in total. The first-order chi connectivity index (χ1) is 9.61. The molecule has 20 heavy (non-hydrogen) atoms. The minimum atomic E-state index is -0.116. The second-order valence-corrected chi connectivity index (χ2v) is 6.49. The average Bonchev–Trinajstić information content (AvgIpc) is 3.02. The molecule has 0 saturated heterocycles. The monoisotopic (exact) mass is 293 g/mol. The first-order valence-corrected chi connectivity index (χ1v) is 7.66. The van der Waals surface area contributed by atoms with Gasteiger partial charge in [0.15, 0.2) is 0 Å². The van der Waals surface area contributed by atoms with E-state index in [4.69, 9.17) is 11.6 Å². The molecular formula is C16H20ClNO2. The molecule has 3 rings (SSSR count). The number of rotatable bonds is 3. The third-order valence-corrected chi connectivity index (χ3v) is 5.54. The molecule has 2 aliphatic rings. The number of halogens is 1. The quantitative estimate of drug-likeness (QED) is 0.900. The highest BCUT2D eigenvalue weighted by molar-refractivity contribution is 6.34. The van der Waals surface area contributed by atoms with Gasteiger partial charge in [0.05, 0.1) is 10.6 Å². The van der Waals surface area contributed by atoms with Gasteiger partial charge in [-0.1, -0.05) is 23.7 Å². The van der Waals surface area contributed by atoms with Crippen molar-refractivity contribution in [2.24, 2.45) is 17.8 Å². The summed E-state index contributed by atoms with van der Waals surface area (Å²) in [5, 5.41) is 13.2. The molecule has 1 amide bonds. The second kappa shape index (κ2) is 5.38. The predicted molar refractivity (Wildman–Crippen MR) is 78.9 cm³/mol. The SMILES string of the molecule is Cc1cccc(C(=O)NC2C3CCC(C3)C2CO)c1Cl. The van der Waals surface area contributed by atoms with Gasteiger partial charge in [-0.2, -0.15) is 0 Å². The van der Waals surface area contributed by atoms with Crippen molar-refractivity contribution in [1.29, 1.82) is 0 Å². The third kappa shape index (κ3) is 2.23. The molecule has 1 aromatic rings. The van der Waals surface area contributed by atoms with Crippen LogP contribution in [0, 0.1) is 24.7 Å². The number of hydrogen-bond acceptors (Lipinski definition) is 2. The molecule has 4 unspecified atom stereocenters. The molecule has 3 nitrogen and oxygen atoms in total. The van der Waals surface area contributed by atoms with Crippen LogP contribution in [0.25, 0.3) is 0 Å². The number of aliphatic hydroxyl groups excluding tert-OH is 1. The van der Waals surface area contributed by atoms with E-state index in [-0.39, 0.29) is 24.5 Å². The Kier molecular flexibility index (Phi) is 3.74. The second-order valence-electron chi connectivity index (χ2n) is 6.12. The van der Waals surface area contributed by atoms with Crippen LogP contribution in [0.1, 0.15) is 35.2 Å². The van der Waals surface area contributed by atoms with Crippen LogP contribution in [-0.4, -0.2) is 23.7 Å². The number of aliphatic hydroxyl groups is 1. The summed E-state index contributed by atoms with van der Waals surface area (Å²) >= 11 is 6.21. The minimum absolute atomic E-state index is 0.0998. The first kappa shape index (κ1) is 13.9. The maximum Gasteiger partial charge on any atom is 0.253 e. The van der Waals surface area contributed by atoms with E-state index in [1.54, 1.807) is 6.07 Å². The number of carbonyl (C=O) groups excluding carboxylic acids is 1. The summed E-state index contributed by atoms with van der Waals surface area (Å²) in [5.41, 5.74) is 1.44. The Labute approximate surface area is 124 Å². The van der Waals surface area contributed by atoms with Crippen molar-refractivity contribution in [3.8, 4) is 0 Å². The molecule has 2 saturated carbocycles. The Morgan fingerprint density at radius 1 is 1.40 bits per heavy atom. The van der Waals surface area contributed by atoms with E-state index < -0.39 is 0 Å². The molecular weight excluding hydrogens is 274 g/mol. The topological polar surface area (TPSA) is 49.3 Å². The fourth-order valence-electron chi connectivity index (χ4n) is 3.95. The Balaban J connectivity index is 1.77. The van der Waals surface area contributed by atoms with Gasteiger partial charge in [0.1, 0.15) is 0 Å². The van der Waals surface area contributed by atoms with Gasteiger partial charge in [0.2, 0.25) is 0 Å². The third-order valence-electron chi connectivity index (χ3n) is 5.03. The number of benzene rings is 1. The largest absolute Gasteiger partial charge is 0.396 e. The lowest BCUT2D eigenvalue weighted by Gasteiger charge is -2.30. The molecule has 2 bridgehead atoms. The highest BCUT2D eigenvalue weighted by Crippen LogP contribution is 2.48. The van der Waals surface area contributed by atoms with Crippen molar-refractivity contribution in [3.05, 3.63) is 34.3 Å². The standard InChI is InChI=1S/C16H20ClNO2/c1-9-3-2-4-12(14(9)17)16(20)18-15-11-6-5-10(7-11)13(15)8-19/h2-4,10-11,13,15,19H,5-8H2,1H3,(H,18,20). The Bertz CT molecular complexity index is 531. The molecule has 108 valence electrons. The van der Waals surface area contributed by atoms with E-state index in [0.717, 1.165) is 18.4 Å². The summed E-state index contributed by atoms with van der Waals surface area (Å²) in [5.74, 6) is 1.18. The van der Waals surface area contributed by atoms with Gasteiger partial charge in [-0.05, 0) is 49.7 Å². The van der Waals surface area contributed by atoms with Crippen LogP contribution in [0.3, 0.4) is 0 Å². The van der Waals surface area contributed by atoms with Gasteiger partial charge in [-0.15, -0.1) is 0 Å². The van der Waals surface area contributed by atoms with E-state index in [0.29, 0.717) is 22.4 Å². The van der Waals surface area contributed by atoms with E-state index in [9.17, 15) is 9.90 Å². The molecule has 0 heterocycles. The first-order valence-electron chi connectivity index (χ1n) is 7.28. The molecule has 1 aromatic carbocycles. The average molecular weight is 294 g/mol. The van der Waals surface area contributed by atoms with E-state index in [1.165, 1.54) is 6.42 Å². The number of carbonyl (C=O) groups is 1. The zero-order valence-corrected chi connectivity index (χ0v) is 12.4. The number of amides is 1. The molecule has 0 aliphatic heterocycles. The van der Waals surface area contributed by atoms with Crippen LogP contribution < -0.4 is 5.32 Å². The maximum absolute atomic E-state index is 12.4. The summed E-state index contributed by atoms with van der Waals surface area (Å²) in [6, 6.07) is 5.60. The van der Waals surface area contributed by atoms with Crippen molar-refractivity contribution in [2.45, 2.75) is 32.2 Å². The lowest BCUT2D eigenvalue weighted by molar-refractivity contribution is 0.0861. The van der Waals surface area contributed by atoms with Gasteiger partial charge in [-0.25, -0.2) is 0 Å². The van der Waals surface area contributed by atoms with Gasteiger partial charge in [0, 0.05) is 18.6 Å². The Hall–Kier alpha value is -1.06. The highest BCUT2D eigenvalue weighted by atomic mass is 35.5. The van der Waals surface area contributed by atoms with Crippen molar-refractivity contribution in [1.82, 2.24) is 5.32 Å².